The number of alkyl carbamates (subject to hydrolysis) is 1. The number of nitrogens with zero attached hydrogens (tertiary/aromatic N) is 1. The minimum absolute atomic E-state index is 0.0619. The Labute approximate surface area is 250 Å². The predicted molar refractivity (Wildman–Crippen MR) is 164 cm³/mol. The first kappa shape index (κ1) is 34.5. The number of para-hydroxylation sites is 1. The lowest BCUT2D eigenvalue weighted by Crippen LogP contribution is -2.55. The van der Waals surface area contributed by atoms with Crippen molar-refractivity contribution >= 4 is 17.9 Å². The zero-order valence-electron chi connectivity index (χ0n) is 26.4. The maximum Gasteiger partial charge on any atom is 0.408 e. The Morgan fingerprint density at radius 1 is 0.929 bits per heavy atom. The van der Waals surface area contributed by atoms with Crippen LogP contribution in [0.5, 0.6) is 11.5 Å². The van der Waals surface area contributed by atoms with Gasteiger partial charge < -0.3 is 30.5 Å². The van der Waals surface area contributed by atoms with Crippen LogP contribution in [-0.2, 0) is 20.7 Å². The van der Waals surface area contributed by atoms with Crippen LogP contribution in [0.4, 0.5) is 4.79 Å². The molecule has 42 heavy (non-hydrogen) atoms. The SMILES string of the molecule is CCCCCCN(C(=O)C(Cc1ccc(O)cc1)NC(=O)OC(C)(C)C)C(C(=O)NC(C)(C)C)c1cccc(C)c1O. The molecule has 4 N–H and O–H groups in total. The fraction of sp³-hybridized carbons (Fsp3) is 0.545. The van der Waals surface area contributed by atoms with Crippen LogP contribution in [0.2, 0.25) is 0 Å². The normalized spacial score (nSPS) is 13.1. The summed E-state index contributed by atoms with van der Waals surface area (Å²) in [7, 11) is 0. The summed E-state index contributed by atoms with van der Waals surface area (Å²) in [5.74, 6) is -0.908. The second-order valence-electron chi connectivity index (χ2n) is 12.8. The molecule has 232 valence electrons. The van der Waals surface area contributed by atoms with Crippen LogP contribution in [0, 0.1) is 6.92 Å². The molecule has 0 bridgehead atoms. The number of carbonyl (C=O) groups excluding carboxylic acids is 3. The average molecular weight is 584 g/mol. The summed E-state index contributed by atoms with van der Waals surface area (Å²) in [4.78, 5) is 42.8. The molecule has 2 aromatic carbocycles. The molecule has 0 fully saturated rings. The van der Waals surface area contributed by atoms with Gasteiger partial charge in [-0.1, -0.05) is 56.5 Å². The highest BCUT2D eigenvalue weighted by Gasteiger charge is 2.38. The number of hydrogen-bond donors (Lipinski definition) is 4. The summed E-state index contributed by atoms with van der Waals surface area (Å²) in [6.07, 6.45) is 2.75. The van der Waals surface area contributed by atoms with E-state index in [0.717, 1.165) is 19.3 Å². The number of unbranched alkanes of at least 4 members (excludes halogenated alkanes) is 3. The Balaban J connectivity index is 2.64. The summed E-state index contributed by atoms with van der Waals surface area (Å²) in [5.41, 5.74) is 0.181. The Hall–Kier alpha value is -3.75. The molecule has 0 aliphatic carbocycles. The van der Waals surface area contributed by atoms with Crippen molar-refractivity contribution in [3.05, 3.63) is 59.2 Å². The van der Waals surface area contributed by atoms with Gasteiger partial charge >= 0.3 is 6.09 Å². The van der Waals surface area contributed by atoms with Crippen molar-refractivity contribution in [2.45, 2.75) is 111 Å². The Morgan fingerprint density at radius 3 is 2.14 bits per heavy atom. The van der Waals surface area contributed by atoms with E-state index in [4.69, 9.17) is 4.74 Å². The van der Waals surface area contributed by atoms with Crippen LogP contribution < -0.4 is 10.6 Å². The van der Waals surface area contributed by atoms with Crippen molar-refractivity contribution in [2.75, 3.05) is 6.54 Å². The summed E-state index contributed by atoms with van der Waals surface area (Å²) in [6.45, 7) is 14.8. The van der Waals surface area contributed by atoms with E-state index in [1.807, 2.05) is 20.8 Å². The first-order chi connectivity index (χ1) is 19.5. The lowest BCUT2D eigenvalue weighted by molar-refractivity contribution is -0.143. The van der Waals surface area contributed by atoms with Crippen LogP contribution >= 0.6 is 0 Å². The third-order valence-corrected chi connectivity index (χ3v) is 6.52. The minimum Gasteiger partial charge on any atom is -0.508 e. The Bertz CT molecular complexity index is 1200. The Kier molecular flexibility index (Phi) is 12.3. The lowest BCUT2D eigenvalue weighted by Gasteiger charge is -2.36. The third-order valence-electron chi connectivity index (χ3n) is 6.52. The van der Waals surface area contributed by atoms with Crippen molar-refractivity contribution < 1.29 is 29.3 Å². The van der Waals surface area contributed by atoms with E-state index >= 15 is 0 Å². The second kappa shape index (κ2) is 14.9. The van der Waals surface area contributed by atoms with E-state index in [1.54, 1.807) is 58.0 Å². The molecule has 0 saturated heterocycles. The number of aromatic hydroxyl groups is 2. The van der Waals surface area contributed by atoms with Gasteiger partial charge in [0.25, 0.3) is 0 Å². The number of rotatable bonds is 12. The largest absolute Gasteiger partial charge is 0.508 e. The van der Waals surface area contributed by atoms with E-state index in [1.165, 1.54) is 17.0 Å². The molecule has 3 amide bonds. The quantitative estimate of drug-likeness (QED) is 0.230. The van der Waals surface area contributed by atoms with E-state index in [9.17, 15) is 24.6 Å². The number of hydrogen-bond acceptors (Lipinski definition) is 6. The Morgan fingerprint density at radius 2 is 1.57 bits per heavy atom. The highest BCUT2D eigenvalue weighted by Crippen LogP contribution is 2.33. The fourth-order valence-corrected chi connectivity index (χ4v) is 4.58. The van der Waals surface area contributed by atoms with Gasteiger partial charge in [0, 0.05) is 24.1 Å². The van der Waals surface area contributed by atoms with Crippen LogP contribution in [0.3, 0.4) is 0 Å². The van der Waals surface area contributed by atoms with Crippen molar-refractivity contribution in [1.82, 2.24) is 15.5 Å². The molecule has 2 atom stereocenters. The van der Waals surface area contributed by atoms with Crippen molar-refractivity contribution in [2.24, 2.45) is 0 Å². The average Bonchev–Trinajstić information content (AvgIpc) is 2.86. The molecule has 2 unspecified atom stereocenters. The summed E-state index contributed by atoms with van der Waals surface area (Å²) in [6, 6.07) is 9.26. The smallest absolute Gasteiger partial charge is 0.408 e. The van der Waals surface area contributed by atoms with Gasteiger partial charge in [0.15, 0.2) is 0 Å². The van der Waals surface area contributed by atoms with Crippen molar-refractivity contribution in [3.8, 4) is 11.5 Å². The topological polar surface area (TPSA) is 128 Å². The fourth-order valence-electron chi connectivity index (χ4n) is 4.58. The second-order valence-corrected chi connectivity index (χ2v) is 12.8. The van der Waals surface area contributed by atoms with Gasteiger partial charge in [0.05, 0.1) is 0 Å². The first-order valence-corrected chi connectivity index (χ1v) is 14.7. The molecule has 0 saturated carbocycles. The molecule has 0 aromatic heterocycles. The van der Waals surface area contributed by atoms with E-state index in [0.29, 0.717) is 23.1 Å². The lowest BCUT2D eigenvalue weighted by atomic mass is 9.96. The first-order valence-electron chi connectivity index (χ1n) is 14.7. The summed E-state index contributed by atoms with van der Waals surface area (Å²) >= 11 is 0. The van der Waals surface area contributed by atoms with Crippen LogP contribution in [0.15, 0.2) is 42.5 Å². The maximum absolute atomic E-state index is 14.5. The molecule has 9 nitrogen and oxygen atoms in total. The molecule has 0 aliphatic heterocycles. The molecule has 0 aliphatic rings. The number of aryl methyl sites for hydroxylation is 1. The minimum atomic E-state index is -1.15. The van der Waals surface area contributed by atoms with Crippen LogP contribution in [0.1, 0.15) is 96.9 Å². The van der Waals surface area contributed by atoms with Crippen LogP contribution in [-0.4, -0.2) is 56.7 Å². The highest BCUT2D eigenvalue weighted by atomic mass is 16.6. The summed E-state index contributed by atoms with van der Waals surface area (Å²) in [5, 5.41) is 26.6. The van der Waals surface area contributed by atoms with Gasteiger partial charge in [0.1, 0.15) is 29.2 Å². The molecule has 0 heterocycles. The number of benzene rings is 2. The number of ether oxygens (including phenoxy) is 1. The van der Waals surface area contributed by atoms with Gasteiger partial charge in [-0.3, -0.25) is 9.59 Å². The zero-order chi connectivity index (χ0) is 31.7. The molecule has 2 rings (SSSR count). The number of phenols is 2. The highest BCUT2D eigenvalue weighted by molar-refractivity contribution is 5.93. The zero-order valence-corrected chi connectivity index (χ0v) is 26.4. The van der Waals surface area contributed by atoms with E-state index in [-0.39, 0.29) is 24.5 Å². The number of nitrogens with one attached hydrogen (secondary N) is 2. The van der Waals surface area contributed by atoms with Gasteiger partial charge in [-0.15, -0.1) is 0 Å². The predicted octanol–water partition coefficient (Wildman–Crippen LogP) is 5.91. The molecular formula is C33H49N3O6. The molecule has 9 heteroatoms. The van der Waals surface area contributed by atoms with Gasteiger partial charge in [-0.05, 0) is 78.1 Å². The standard InChI is InChI=1S/C33H49N3O6/c1-9-10-11-12-20-36(27(29(39)35-32(3,4)5)25-15-13-14-22(2)28(25)38)30(40)26(34-31(41)42-33(6,7)8)21-23-16-18-24(37)19-17-23/h13-19,26-27,37-38H,9-12,20-21H2,1-8H3,(H,34,41)(H,35,39). The molecule has 0 radical (unpaired) electrons. The summed E-state index contributed by atoms with van der Waals surface area (Å²) < 4.78 is 5.48. The van der Waals surface area contributed by atoms with Crippen LogP contribution in [0.25, 0.3) is 0 Å². The number of amides is 3. The van der Waals surface area contributed by atoms with Gasteiger partial charge in [-0.25, -0.2) is 4.79 Å². The number of phenolic OH excluding ortho intramolecular Hbond substituents is 2. The molecular weight excluding hydrogens is 534 g/mol. The van der Waals surface area contributed by atoms with E-state index < -0.39 is 41.1 Å². The molecule has 2 aromatic rings. The monoisotopic (exact) mass is 583 g/mol. The van der Waals surface area contributed by atoms with Gasteiger partial charge in [0.2, 0.25) is 11.8 Å². The van der Waals surface area contributed by atoms with Crippen molar-refractivity contribution in [3.63, 3.8) is 0 Å². The third kappa shape index (κ3) is 10.9. The number of carbonyl (C=O) groups is 3. The van der Waals surface area contributed by atoms with Gasteiger partial charge in [-0.2, -0.15) is 0 Å². The van der Waals surface area contributed by atoms with Crippen molar-refractivity contribution in [1.29, 1.82) is 0 Å². The van der Waals surface area contributed by atoms with E-state index in [2.05, 4.69) is 17.6 Å². The molecule has 0 spiro atoms. The maximum atomic E-state index is 14.5.